The van der Waals surface area contributed by atoms with Crippen LogP contribution in [-0.4, -0.2) is 84.1 Å². The highest BCUT2D eigenvalue weighted by Gasteiger charge is 2.36. The number of benzene rings is 2. The number of anilines is 2. The van der Waals surface area contributed by atoms with E-state index in [1.807, 2.05) is 68.3 Å². The van der Waals surface area contributed by atoms with E-state index in [2.05, 4.69) is 16.8 Å². The number of piperazine rings is 1. The second-order valence-corrected chi connectivity index (χ2v) is 13.9. The van der Waals surface area contributed by atoms with Crippen molar-refractivity contribution in [2.45, 2.75) is 70.6 Å². The van der Waals surface area contributed by atoms with E-state index in [0.29, 0.717) is 35.0 Å². The molecule has 250 valence electrons. The first-order chi connectivity index (χ1) is 22.6. The van der Waals surface area contributed by atoms with Gasteiger partial charge >= 0.3 is 0 Å². The summed E-state index contributed by atoms with van der Waals surface area (Å²) in [6, 6.07) is 15.1. The molecule has 10 heteroatoms. The Morgan fingerprint density at radius 1 is 1.04 bits per heavy atom. The van der Waals surface area contributed by atoms with Crippen LogP contribution < -0.4 is 14.5 Å². The highest BCUT2D eigenvalue weighted by Crippen LogP contribution is 2.43. The molecule has 2 atom stereocenters. The van der Waals surface area contributed by atoms with Crippen molar-refractivity contribution in [1.82, 2.24) is 14.8 Å². The quantitative estimate of drug-likeness (QED) is 0.299. The van der Waals surface area contributed by atoms with Crippen molar-refractivity contribution in [3.05, 3.63) is 76.4 Å². The number of phenols is 1. The van der Waals surface area contributed by atoms with Crippen LogP contribution in [0.1, 0.15) is 68.7 Å². The molecule has 9 nitrogen and oxygen atoms in total. The number of nitrogens with zero attached hydrogens (tertiary/aromatic N) is 5. The number of aromatic hydroxyl groups is 1. The molecular formula is C37H46ClN5O4. The van der Waals surface area contributed by atoms with Gasteiger partial charge in [0.25, 0.3) is 0 Å². The zero-order chi connectivity index (χ0) is 33.2. The third-order valence-corrected chi connectivity index (χ3v) is 10.5. The third kappa shape index (κ3) is 7.21. The van der Waals surface area contributed by atoms with Crippen molar-refractivity contribution < 1.29 is 19.4 Å². The molecule has 2 unspecified atom stereocenters. The number of carbonyl (C=O) groups is 2. The number of phenolic OH excluding ortho intramolecular Hbond substituents is 1. The fraction of sp³-hybridized carbons (Fsp3) is 0.486. The predicted octanol–water partition coefficient (Wildman–Crippen LogP) is 6.07. The van der Waals surface area contributed by atoms with Gasteiger partial charge in [-0.3, -0.25) is 19.4 Å². The van der Waals surface area contributed by atoms with Gasteiger partial charge in [-0.2, -0.15) is 0 Å². The number of aromatic nitrogens is 1. The van der Waals surface area contributed by atoms with Crippen LogP contribution in [0.3, 0.4) is 0 Å². The van der Waals surface area contributed by atoms with E-state index in [9.17, 15) is 14.7 Å². The smallest absolute Gasteiger partial charge is 0.236 e. The molecule has 1 aliphatic carbocycles. The number of likely N-dealkylation sites (N-methyl/N-ethyl adjacent to an activating group) is 1. The first kappa shape index (κ1) is 33.1. The largest absolute Gasteiger partial charge is 0.504 e. The average Bonchev–Trinajstić information content (AvgIpc) is 3.07. The molecule has 1 N–H and O–H groups in total. The van der Waals surface area contributed by atoms with Crippen LogP contribution in [0, 0.1) is 5.92 Å². The van der Waals surface area contributed by atoms with Gasteiger partial charge < -0.3 is 19.6 Å². The summed E-state index contributed by atoms with van der Waals surface area (Å²) in [6.45, 7) is 7.24. The van der Waals surface area contributed by atoms with E-state index in [-0.39, 0.29) is 30.1 Å². The summed E-state index contributed by atoms with van der Waals surface area (Å²) < 4.78 is 6.07. The topological polar surface area (TPSA) is 89.5 Å². The molecule has 0 radical (unpaired) electrons. The first-order valence-corrected chi connectivity index (χ1v) is 17.2. The van der Waals surface area contributed by atoms with Gasteiger partial charge in [0, 0.05) is 44.8 Å². The van der Waals surface area contributed by atoms with E-state index < -0.39 is 6.04 Å². The lowest BCUT2D eigenvalue weighted by Gasteiger charge is -2.41. The van der Waals surface area contributed by atoms with Crippen molar-refractivity contribution >= 4 is 34.9 Å². The van der Waals surface area contributed by atoms with Gasteiger partial charge in [-0.15, -0.1) is 0 Å². The molecule has 0 spiro atoms. The molecule has 0 bridgehead atoms. The number of hydrogen-bond acceptors (Lipinski definition) is 7. The van der Waals surface area contributed by atoms with Gasteiger partial charge in [-0.25, -0.2) is 4.98 Å². The zero-order valence-corrected chi connectivity index (χ0v) is 28.6. The summed E-state index contributed by atoms with van der Waals surface area (Å²) in [5, 5.41) is 11.4. The van der Waals surface area contributed by atoms with Crippen LogP contribution in [0.2, 0.25) is 5.02 Å². The van der Waals surface area contributed by atoms with Gasteiger partial charge in [0.15, 0.2) is 11.5 Å². The lowest BCUT2D eigenvalue weighted by molar-refractivity contribution is -0.135. The predicted molar refractivity (Wildman–Crippen MR) is 185 cm³/mol. The monoisotopic (exact) mass is 659 g/mol. The Morgan fingerprint density at radius 2 is 1.79 bits per heavy atom. The second-order valence-electron chi connectivity index (χ2n) is 13.5. The summed E-state index contributed by atoms with van der Waals surface area (Å²) in [6.07, 6.45) is 7.18. The van der Waals surface area contributed by atoms with Gasteiger partial charge in [0.2, 0.25) is 11.8 Å². The Kier molecular flexibility index (Phi) is 9.94. The molecule has 3 aromatic rings. The molecule has 2 aliphatic heterocycles. The Balaban J connectivity index is 1.19. The second kappa shape index (κ2) is 14.1. The highest BCUT2D eigenvalue weighted by molar-refractivity contribution is 6.30. The summed E-state index contributed by atoms with van der Waals surface area (Å²) in [4.78, 5) is 39.1. The Morgan fingerprint density at radius 3 is 2.45 bits per heavy atom. The zero-order valence-electron chi connectivity index (χ0n) is 27.9. The lowest BCUT2D eigenvalue weighted by atomic mass is 9.84. The van der Waals surface area contributed by atoms with Crippen LogP contribution in [0.25, 0.3) is 0 Å². The standard InChI is InChI=1S/C37H46ClN5O4/c1-5-24(2)47-33-20-31-27(18-32(33)44)19-35(45)43(37(31)26-8-10-28(38)11-9-26)30-14-15-34(39-21-30)41(4)22-25-6-12-29(13-7-25)42-17-16-40(3)36(46)23-42/h8-11,14-15,18,20-21,24-25,29,37,44H,5-7,12-13,16-17,19,22-23H2,1-4H3. The molecule has 2 amide bonds. The summed E-state index contributed by atoms with van der Waals surface area (Å²) in [7, 11) is 3.97. The maximum atomic E-state index is 13.8. The van der Waals surface area contributed by atoms with Crippen molar-refractivity contribution in [3.63, 3.8) is 0 Å². The number of rotatable bonds is 9. The van der Waals surface area contributed by atoms with E-state index in [1.54, 1.807) is 17.2 Å². The van der Waals surface area contributed by atoms with Crippen LogP contribution in [0.4, 0.5) is 11.5 Å². The van der Waals surface area contributed by atoms with Crippen LogP contribution in [0.15, 0.2) is 54.7 Å². The van der Waals surface area contributed by atoms with Gasteiger partial charge in [-0.05, 0) is 98.0 Å². The van der Waals surface area contributed by atoms with Gasteiger partial charge in [-0.1, -0.05) is 30.7 Å². The average molecular weight is 660 g/mol. The molecule has 3 aliphatic rings. The lowest BCUT2D eigenvalue weighted by Crippen LogP contribution is -2.53. The van der Waals surface area contributed by atoms with Crippen molar-refractivity contribution in [1.29, 1.82) is 0 Å². The number of carbonyl (C=O) groups excluding carboxylic acids is 2. The van der Waals surface area contributed by atoms with E-state index in [1.165, 1.54) is 0 Å². The Bertz CT molecular complexity index is 1570. The van der Waals surface area contributed by atoms with Crippen molar-refractivity contribution in [2.75, 3.05) is 50.1 Å². The first-order valence-electron chi connectivity index (χ1n) is 16.9. The molecule has 1 aromatic heterocycles. The molecule has 1 saturated heterocycles. The van der Waals surface area contributed by atoms with Crippen molar-refractivity contribution in [3.8, 4) is 11.5 Å². The van der Waals surface area contributed by atoms with Gasteiger partial charge in [0.05, 0.1) is 37.0 Å². The fourth-order valence-corrected chi connectivity index (χ4v) is 7.36. The summed E-state index contributed by atoms with van der Waals surface area (Å²) in [5.74, 6) is 2.03. The molecule has 47 heavy (non-hydrogen) atoms. The van der Waals surface area contributed by atoms with Crippen LogP contribution >= 0.6 is 11.6 Å². The molecular weight excluding hydrogens is 614 g/mol. The highest BCUT2D eigenvalue weighted by atomic mass is 35.5. The number of fused-ring (bicyclic) bond motifs is 1. The molecule has 2 fully saturated rings. The summed E-state index contributed by atoms with van der Waals surface area (Å²) in [5.41, 5.74) is 3.29. The minimum Gasteiger partial charge on any atom is -0.504 e. The molecule has 3 heterocycles. The van der Waals surface area contributed by atoms with Crippen molar-refractivity contribution in [2.24, 2.45) is 5.92 Å². The number of amides is 2. The number of hydrogen-bond donors (Lipinski definition) is 1. The minimum absolute atomic E-state index is 0.0390. The van der Waals surface area contributed by atoms with Gasteiger partial charge in [0.1, 0.15) is 5.82 Å². The van der Waals surface area contributed by atoms with E-state index >= 15 is 0 Å². The van der Waals surface area contributed by atoms with Crippen LogP contribution in [-0.2, 0) is 16.0 Å². The molecule has 2 aromatic carbocycles. The summed E-state index contributed by atoms with van der Waals surface area (Å²) >= 11 is 6.26. The minimum atomic E-state index is -0.445. The maximum absolute atomic E-state index is 13.8. The van der Waals surface area contributed by atoms with E-state index in [4.69, 9.17) is 21.3 Å². The maximum Gasteiger partial charge on any atom is 0.236 e. The number of halogens is 1. The Labute approximate surface area is 283 Å². The number of ether oxygens (including phenoxy) is 1. The normalized spacial score (nSPS) is 22.6. The SMILES string of the molecule is CCC(C)Oc1cc2c(cc1O)CC(=O)N(c1ccc(N(C)CC3CCC(N4CCN(C)C(=O)C4)CC3)nc1)C2c1ccc(Cl)cc1. The molecule has 6 rings (SSSR count). The third-order valence-electron chi connectivity index (χ3n) is 10.2. The fourth-order valence-electron chi connectivity index (χ4n) is 7.24. The van der Waals surface area contributed by atoms with Crippen LogP contribution in [0.5, 0.6) is 11.5 Å². The van der Waals surface area contributed by atoms with E-state index in [0.717, 1.165) is 74.2 Å². The Hall–Kier alpha value is -3.82. The number of pyridine rings is 1. The molecule has 1 saturated carbocycles.